The van der Waals surface area contributed by atoms with Gasteiger partial charge in [0.2, 0.25) is 11.5 Å². The Morgan fingerprint density at radius 3 is 1.60 bits per heavy atom. The van der Waals surface area contributed by atoms with E-state index in [0.29, 0.717) is 5.84 Å². The molecule has 0 bridgehead atoms. The van der Waals surface area contributed by atoms with Gasteiger partial charge in [0.1, 0.15) is 17.3 Å². The predicted molar refractivity (Wildman–Crippen MR) is 228 cm³/mol. The average Bonchev–Trinajstić information content (AvgIpc) is 3.28. The van der Waals surface area contributed by atoms with Crippen molar-refractivity contribution in [2.75, 3.05) is 15.0 Å². The summed E-state index contributed by atoms with van der Waals surface area (Å²) in [4.78, 5) is 0. The molecule has 0 fully saturated rings. The van der Waals surface area contributed by atoms with Crippen molar-refractivity contribution in [1.29, 1.82) is 0 Å². The minimum atomic E-state index is -0.368. The number of benzene rings is 7. The maximum atomic E-state index is 6.46. The van der Waals surface area contributed by atoms with Crippen LogP contribution in [0.3, 0.4) is 0 Å². The number of ether oxygens (including phenoxy) is 1. The summed E-state index contributed by atoms with van der Waals surface area (Å²) >= 11 is 0. The van der Waals surface area contributed by atoms with E-state index in [1.165, 1.54) is 5.56 Å². The third kappa shape index (κ3) is 7.46. The molecule has 278 valence electrons. The summed E-state index contributed by atoms with van der Waals surface area (Å²) in [6.45, 7) is 4.06. The third-order valence-electron chi connectivity index (χ3n) is 9.88. The summed E-state index contributed by atoms with van der Waals surface area (Å²) in [5, 5.41) is 21.5. The van der Waals surface area contributed by atoms with Crippen LogP contribution >= 0.6 is 0 Å². The number of amidine groups is 2. The molecule has 0 saturated carbocycles. The molecule has 2 aliphatic rings. The number of hydrogen-bond acceptors (Lipinski definition) is 8. The van der Waals surface area contributed by atoms with Gasteiger partial charge in [0.25, 0.3) is 0 Å². The molecule has 0 radical (unpaired) electrons. The summed E-state index contributed by atoms with van der Waals surface area (Å²) in [6, 6.07) is 65.8. The molecule has 2 aliphatic heterocycles. The van der Waals surface area contributed by atoms with Crippen LogP contribution in [0.15, 0.2) is 209 Å². The van der Waals surface area contributed by atoms with Gasteiger partial charge in [-0.3, -0.25) is 10.4 Å². The van der Waals surface area contributed by atoms with Crippen LogP contribution in [0.2, 0.25) is 0 Å². The van der Waals surface area contributed by atoms with E-state index in [2.05, 4.69) is 119 Å². The van der Waals surface area contributed by atoms with Gasteiger partial charge in [0.05, 0.1) is 17.1 Å². The molecular weight excluding hydrogens is 705 g/mol. The predicted octanol–water partition coefficient (Wildman–Crippen LogP) is 11.3. The van der Waals surface area contributed by atoms with Crippen LogP contribution in [0.25, 0.3) is 0 Å². The first kappa shape index (κ1) is 35.2. The number of anilines is 3. The van der Waals surface area contributed by atoms with Crippen LogP contribution in [-0.2, 0) is 0 Å². The molecule has 9 nitrogen and oxygen atoms in total. The van der Waals surface area contributed by atoms with Crippen molar-refractivity contribution in [3.63, 3.8) is 0 Å². The van der Waals surface area contributed by atoms with Crippen molar-refractivity contribution < 1.29 is 9.43 Å². The monoisotopic (exact) mass is 745 g/mol. The molecule has 0 saturated heterocycles. The number of aryl methyl sites for hydroxylation is 1. The third-order valence-corrected chi connectivity index (χ3v) is 9.88. The fraction of sp³-hybridized carbons (Fsp3) is 0.0833. The van der Waals surface area contributed by atoms with Crippen molar-refractivity contribution in [2.45, 2.75) is 26.2 Å². The van der Waals surface area contributed by atoms with Crippen molar-refractivity contribution in [2.24, 2.45) is 15.3 Å². The first-order chi connectivity index (χ1) is 28.1. The molecular formula is C48H41N8O+. The highest BCUT2D eigenvalue weighted by Gasteiger charge is 2.39. The molecule has 9 heteroatoms. The van der Waals surface area contributed by atoms with Crippen LogP contribution in [0.5, 0.6) is 11.5 Å². The van der Waals surface area contributed by atoms with Crippen molar-refractivity contribution >= 4 is 34.4 Å². The van der Waals surface area contributed by atoms with Crippen LogP contribution in [0, 0.1) is 6.92 Å². The maximum absolute atomic E-state index is 6.46. The van der Waals surface area contributed by atoms with Gasteiger partial charge in [-0.05, 0) is 92.2 Å². The largest absolute Gasteiger partial charge is 0.457 e. The standard InChI is InChI=1S/C48H41N8O/c1-35-23-25-37(26-24-35)46-51-55(42-19-11-5-12-20-42)48(56(52-46)43-21-13-6-14-22-43)39-29-33-45(34-30-39)57-44-31-27-38(28-32-44)47-53(40-15-7-3-8-16-40)49-36(2)50-54(47)41-17-9-4-10-18-41/h3-34,47-48H,1-2H3,(H,49,50)/q+1. The van der Waals surface area contributed by atoms with Gasteiger partial charge in [-0.2, -0.15) is 10.1 Å². The van der Waals surface area contributed by atoms with Gasteiger partial charge in [-0.25, -0.2) is 5.01 Å². The van der Waals surface area contributed by atoms with E-state index in [1.807, 2.05) is 114 Å². The zero-order valence-corrected chi connectivity index (χ0v) is 31.7. The smallest absolute Gasteiger partial charge is 0.305 e. The fourth-order valence-corrected chi connectivity index (χ4v) is 7.10. The molecule has 2 unspecified atom stereocenters. The summed E-state index contributed by atoms with van der Waals surface area (Å²) in [5.41, 5.74) is 11.6. The molecule has 1 N–H and O–H groups in total. The molecule has 57 heavy (non-hydrogen) atoms. The van der Waals surface area contributed by atoms with Gasteiger partial charge in [0, 0.05) is 28.4 Å². The molecule has 0 amide bonds. The van der Waals surface area contributed by atoms with E-state index < -0.39 is 0 Å². The molecule has 7 aromatic carbocycles. The lowest BCUT2D eigenvalue weighted by Crippen LogP contribution is -2.54. The Morgan fingerprint density at radius 1 is 0.509 bits per heavy atom. The summed E-state index contributed by atoms with van der Waals surface area (Å²) in [6.07, 6.45) is -0.630. The van der Waals surface area contributed by atoms with Crippen molar-refractivity contribution in [1.82, 2.24) is 5.43 Å². The van der Waals surface area contributed by atoms with Crippen molar-refractivity contribution in [3.8, 4) is 11.5 Å². The fourth-order valence-electron chi connectivity index (χ4n) is 7.10. The first-order valence-corrected chi connectivity index (χ1v) is 19.0. The highest BCUT2D eigenvalue weighted by molar-refractivity contribution is 5.99. The average molecular weight is 746 g/mol. The van der Waals surface area contributed by atoms with Crippen LogP contribution in [0.4, 0.5) is 22.7 Å². The minimum Gasteiger partial charge on any atom is -0.457 e. The summed E-state index contributed by atoms with van der Waals surface area (Å²) < 4.78 is 8.51. The Hall–Kier alpha value is -7.52. The zero-order valence-electron chi connectivity index (χ0n) is 31.7. The second-order valence-electron chi connectivity index (χ2n) is 13.9. The van der Waals surface area contributed by atoms with Gasteiger partial charge in [-0.15, -0.1) is 5.10 Å². The van der Waals surface area contributed by atoms with Gasteiger partial charge < -0.3 is 4.74 Å². The quantitative estimate of drug-likeness (QED) is 0.149. The van der Waals surface area contributed by atoms with E-state index >= 15 is 0 Å². The molecule has 7 aromatic rings. The Morgan fingerprint density at radius 2 is 1.02 bits per heavy atom. The Kier molecular flexibility index (Phi) is 9.68. The highest BCUT2D eigenvalue weighted by Crippen LogP contribution is 2.39. The molecule has 0 aromatic heterocycles. The van der Waals surface area contributed by atoms with Crippen molar-refractivity contribution in [3.05, 3.63) is 216 Å². The SMILES string of the molecule is CC1=NN(c2ccccc2)C(c2ccc(Oc3ccc(C4N(c5ccccc5)N=C(c5ccc(C)cc5)N=[N+]4c4ccccc4)cc3)cc2)N(c2ccccc2)N1. The van der Waals surface area contributed by atoms with E-state index in [4.69, 9.17) is 20.1 Å². The second-order valence-corrected chi connectivity index (χ2v) is 13.9. The van der Waals surface area contributed by atoms with E-state index in [9.17, 15) is 0 Å². The normalized spacial score (nSPS) is 16.6. The number of nitrogens with zero attached hydrogens (tertiary/aromatic N) is 7. The van der Waals surface area contributed by atoms with Crippen LogP contribution in [0.1, 0.15) is 41.5 Å². The number of hydrogen-bond donors (Lipinski definition) is 1. The topological polar surface area (TPSA) is 71.1 Å². The maximum Gasteiger partial charge on any atom is 0.305 e. The lowest BCUT2D eigenvalue weighted by molar-refractivity contribution is -0.555. The number of para-hydroxylation sites is 4. The summed E-state index contributed by atoms with van der Waals surface area (Å²) in [7, 11) is 0. The highest BCUT2D eigenvalue weighted by atomic mass is 16.5. The molecule has 9 rings (SSSR count). The van der Waals surface area contributed by atoms with Crippen LogP contribution < -0.4 is 25.2 Å². The Bertz CT molecular complexity index is 2530. The Balaban J connectivity index is 1.02. The molecule has 0 aliphatic carbocycles. The first-order valence-electron chi connectivity index (χ1n) is 19.0. The second kappa shape index (κ2) is 15.7. The minimum absolute atomic E-state index is 0.262. The zero-order chi connectivity index (χ0) is 38.6. The molecule has 2 heterocycles. The van der Waals surface area contributed by atoms with Gasteiger partial charge in [0.15, 0.2) is 6.17 Å². The van der Waals surface area contributed by atoms with Gasteiger partial charge in [-0.1, -0.05) is 119 Å². The lowest BCUT2D eigenvalue weighted by atomic mass is 10.1. The van der Waals surface area contributed by atoms with Crippen LogP contribution in [-0.4, -0.2) is 16.4 Å². The van der Waals surface area contributed by atoms with Gasteiger partial charge >= 0.3 is 6.17 Å². The van der Waals surface area contributed by atoms with E-state index in [-0.39, 0.29) is 12.3 Å². The number of hydrazone groups is 2. The number of azo groups is 2. The number of rotatable bonds is 9. The lowest BCUT2D eigenvalue weighted by Gasteiger charge is -2.43. The number of hydrazine groups is 1. The summed E-state index contributed by atoms with van der Waals surface area (Å²) in [5.74, 6) is 2.87. The van der Waals surface area contributed by atoms with E-state index in [0.717, 1.165) is 56.8 Å². The Labute approximate surface area is 332 Å². The molecule has 0 spiro atoms. The number of nitrogens with one attached hydrogen (secondary N) is 1. The van der Waals surface area contributed by atoms with E-state index in [1.54, 1.807) is 0 Å². The molecule has 2 atom stereocenters.